The fourth-order valence-electron chi connectivity index (χ4n) is 2.84. The molecule has 2 saturated heterocycles. The van der Waals surface area contributed by atoms with E-state index in [1.54, 1.807) is 13.8 Å². The van der Waals surface area contributed by atoms with Crippen LogP contribution in [0.5, 0.6) is 0 Å². The zero-order chi connectivity index (χ0) is 16.9. The van der Waals surface area contributed by atoms with Crippen LogP contribution in [0, 0.1) is 11.8 Å². The monoisotopic (exact) mass is 314 g/mol. The fourth-order valence-corrected chi connectivity index (χ4v) is 2.84. The van der Waals surface area contributed by atoms with Gasteiger partial charge in [-0.1, -0.05) is 13.8 Å². The number of aliphatic hydroxyl groups is 2. The van der Waals surface area contributed by atoms with Crippen molar-refractivity contribution >= 4 is 11.8 Å². The van der Waals surface area contributed by atoms with E-state index in [2.05, 4.69) is 18.7 Å². The quantitative estimate of drug-likeness (QED) is 0.737. The van der Waals surface area contributed by atoms with Crippen molar-refractivity contribution in [3.63, 3.8) is 0 Å². The van der Waals surface area contributed by atoms with Crippen LogP contribution in [0.1, 0.15) is 40.5 Å². The molecule has 0 spiro atoms. The molecule has 2 amide bonds. The second-order valence-electron chi connectivity index (χ2n) is 6.66. The Bertz CT molecular complexity index is 388. The molecule has 0 aliphatic carbocycles. The third kappa shape index (κ3) is 4.76. The first kappa shape index (κ1) is 19.1. The van der Waals surface area contributed by atoms with E-state index in [1.807, 2.05) is 0 Å². The van der Waals surface area contributed by atoms with Crippen LogP contribution < -0.4 is 0 Å². The molecule has 2 aliphatic heterocycles. The van der Waals surface area contributed by atoms with E-state index in [0.29, 0.717) is 12.6 Å². The van der Waals surface area contributed by atoms with E-state index in [9.17, 15) is 9.59 Å². The van der Waals surface area contributed by atoms with Crippen molar-refractivity contribution in [2.75, 3.05) is 26.3 Å². The Labute approximate surface area is 133 Å². The zero-order valence-electron chi connectivity index (χ0n) is 14.2. The fraction of sp³-hybridized carbons (Fsp3) is 0.875. The first-order chi connectivity index (χ1) is 10.3. The Morgan fingerprint density at radius 2 is 1.73 bits per heavy atom. The normalized spacial score (nSPS) is 28.5. The number of amides is 2. The lowest BCUT2D eigenvalue weighted by Gasteiger charge is -2.21. The summed E-state index contributed by atoms with van der Waals surface area (Å²) in [6.45, 7) is 10.2. The van der Waals surface area contributed by atoms with E-state index in [-0.39, 0.29) is 36.8 Å². The molecule has 128 valence electrons. The van der Waals surface area contributed by atoms with Crippen LogP contribution in [0.2, 0.25) is 0 Å². The van der Waals surface area contributed by atoms with E-state index >= 15 is 0 Å². The number of hydrogen-bond donors (Lipinski definition) is 2. The van der Waals surface area contributed by atoms with Crippen molar-refractivity contribution in [1.82, 2.24) is 9.80 Å². The topological polar surface area (TPSA) is 81.1 Å². The molecule has 6 heteroatoms. The van der Waals surface area contributed by atoms with Crippen molar-refractivity contribution in [1.29, 1.82) is 0 Å². The first-order valence-corrected chi connectivity index (χ1v) is 8.13. The molecule has 0 radical (unpaired) electrons. The van der Waals surface area contributed by atoms with Gasteiger partial charge in [-0.15, -0.1) is 0 Å². The predicted octanol–water partition coefficient (Wildman–Crippen LogP) is 0.471. The standard InChI is InChI=1S/C8H13NO3.C8H17NO/c1-5-3-7(11)9(8(5)12)6(2)4-10;1-7-3-4-9(5-7)8(2)6-10/h5-6,10H,3-4H2,1-2H3;7-8,10H,3-6H2,1-2H3/t5-,6+;7-,8+/m11/s1. The van der Waals surface area contributed by atoms with Crippen molar-refractivity contribution in [3.05, 3.63) is 0 Å². The molecule has 0 bridgehead atoms. The molecule has 0 aromatic heterocycles. The maximum atomic E-state index is 11.3. The maximum Gasteiger partial charge on any atom is 0.232 e. The lowest BCUT2D eigenvalue weighted by molar-refractivity contribution is -0.142. The largest absolute Gasteiger partial charge is 0.395 e. The number of carbonyl (C=O) groups excluding carboxylic acids is 2. The highest BCUT2D eigenvalue weighted by atomic mass is 16.3. The zero-order valence-corrected chi connectivity index (χ0v) is 14.2. The Kier molecular flexibility index (Phi) is 7.45. The average Bonchev–Trinajstić information content (AvgIpc) is 3.02. The van der Waals surface area contributed by atoms with Crippen molar-refractivity contribution in [3.8, 4) is 0 Å². The van der Waals surface area contributed by atoms with Crippen molar-refractivity contribution < 1.29 is 19.8 Å². The summed E-state index contributed by atoms with van der Waals surface area (Å²) in [6.07, 6.45) is 1.58. The van der Waals surface area contributed by atoms with Gasteiger partial charge in [-0.2, -0.15) is 0 Å². The Hall–Kier alpha value is -0.980. The third-order valence-electron chi connectivity index (χ3n) is 4.46. The molecular weight excluding hydrogens is 284 g/mol. The minimum atomic E-state index is -0.380. The summed E-state index contributed by atoms with van der Waals surface area (Å²) < 4.78 is 0. The number of likely N-dealkylation sites (tertiary alicyclic amines) is 2. The maximum absolute atomic E-state index is 11.3. The number of imide groups is 1. The molecule has 2 N–H and O–H groups in total. The van der Waals surface area contributed by atoms with Gasteiger partial charge < -0.3 is 10.2 Å². The molecular formula is C16H30N2O4. The predicted molar refractivity (Wildman–Crippen MR) is 84.1 cm³/mol. The number of nitrogens with zero attached hydrogens (tertiary/aromatic N) is 2. The molecule has 22 heavy (non-hydrogen) atoms. The van der Waals surface area contributed by atoms with Crippen LogP contribution in [0.3, 0.4) is 0 Å². The Morgan fingerprint density at radius 3 is 2.09 bits per heavy atom. The summed E-state index contributed by atoms with van der Waals surface area (Å²) in [5.41, 5.74) is 0. The third-order valence-corrected chi connectivity index (χ3v) is 4.46. The minimum Gasteiger partial charge on any atom is -0.395 e. The average molecular weight is 314 g/mol. The SMILES string of the molecule is C[C@@H]1CC(=O)N([C@@H](C)CO)C1=O.C[C@@H]1CCN([C@@H](C)CO)C1. The molecule has 0 aromatic rings. The van der Waals surface area contributed by atoms with Gasteiger partial charge in [0, 0.05) is 24.9 Å². The highest BCUT2D eigenvalue weighted by Gasteiger charge is 2.37. The Morgan fingerprint density at radius 1 is 1.14 bits per heavy atom. The van der Waals surface area contributed by atoms with Gasteiger partial charge in [-0.05, 0) is 32.7 Å². The lowest BCUT2D eigenvalue weighted by atomic mass is 10.1. The molecule has 2 aliphatic rings. The minimum absolute atomic E-state index is 0.163. The highest BCUT2D eigenvalue weighted by Crippen LogP contribution is 2.20. The van der Waals surface area contributed by atoms with Gasteiger partial charge in [-0.25, -0.2) is 0 Å². The first-order valence-electron chi connectivity index (χ1n) is 8.13. The molecule has 0 saturated carbocycles. The van der Waals surface area contributed by atoms with E-state index < -0.39 is 0 Å². The molecule has 2 rings (SSSR count). The van der Waals surface area contributed by atoms with Crippen LogP contribution in [0.15, 0.2) is 0 Å². The summed E-state index contributed by atoms with van der Waals surface area (Å²) in [5.74, 6) is 0.274. The van der Waals surface area contributed by atoms with E-state index in [4.69, 9.17) is 10.2 Å². The van der Waals surface area contributed by atoms with Gasteiger partial charge in [-0.3, -0.25) is 19.4 Å². The highest BCUT2D eigenvalue weighted by molar-refractivity contribution is 6.03. The summed E-state index contributed by atoms with van der Waals surface area (Å²) in [5, 5.41) is 17.6. The van der Waals surface area contributed by atoms with Crippen LogP contribution >= 0.6 is 0 Å². The molecule has 0 unspecified atom stereocenters. The smallest absolute Gasteiger partial charge is 0.232 e. The van der Waals surface area contributed by atoms with Crippen molar-refractivity contribution in [2.24, 2.45) is 11.8 Å². The number of aliphatic hydroxyl groups excluding tert-OH is 2. The number of hydrogen-bond acceptors (Lipinski definition) is 5. The number of carbonyl (C=O) groups is 2. The van der Waals surface area contributed by atoms with Gasteiger partial charge in [0.25, 0.3) is 0 Å². The molecule has 4 atom stereocenters. The van der Waals surface area contributed by atoms with E-state index in [0.717, 1.165) is 10.8 Å². The second-order valence-corrected chi connectivity index (χ2v) is 6.66. The summed E-state index contributed by atoms with van der Waals surface area (Å²) in [4.78, 5) is 26.0. The van der Waals surface area contributed by atoms with Gasteiger partial charge in [0.1, 0.15) is 0 Å². The van der Waals surface area contributed by atoms with Crippen LogP contribution in [-0.4, -0.2) is 70.2 Å². The molecule has 0 aromatic carbocycles. The Balaban J connectivity index is 0.000000224. The summed E-state index contributed by atoms with van der Waals surface area (Å²) in [7, 11) is 0. The van der Waals surface area contributed by atoms with Gasteiger partial charge in [0.2, 0.25) is 11.8 Å². The van der Waals surface area contributed by atoms with Gasteiger partial charge in [0.05, 0.1) is 19.3 Å². The second kappa shape index (κ2) is 8.60. The summed E-state index contributed by atoms with van der Waals surface area (Å²) >= 11 is 0. The summed E-state index contributed by atoms with van der Waals surface area (Å²) in [6, 6.07) is -0.0140. The number of rotatable bonds is 4. The van der Waals surface area contributed by atoms with Crippen LogP contribution in [-0.2, 0) is 9.59 Å². The van der Waals surface area contributed by atoms with Crippen LogP contribution in [0.4, 0.5) is 0 Å². The molecule has 2 fully saturated rings. The van der Waals surface area contributed by atoms with Crippen molar-refractivity contribution in [2.45, 2.75) is 52.6 Å². The van der Waals surface area contributed by atoms with Gasteiger partial charge in [0.15, 0.2) is 0 Å². The van der Waals surface area contributed by atoms with Gasteiger partial charge >= 0.3 is 0 Å². The molecule has 2 heterocycles. The molecule has 6 nitrogen and oxygen atoms in total. The lowest BCUT2D eigenvalue weighted by Crippen LogP contribution is -2.40. The van der Waals surface area contributed by atoms with Crippen LogP contribution in [0.25, 0.3) is 0 Å². The van der Waals surface area contributed by atoms with E-state index in [1.165, 1.54) is 19.5 Å².